The smallest absolute Gasteiger partial charge is 0.317 e. The van der Waals surface area contributed by atoms with Crippen LogP contribution >= 0.6 is 0 Å². The molecule has 7 heteroatoms. The summed E-state index contributed by atoms with van der Waals surface area (Å²) in [6, 6.07) is 14.1. The van der Waals surface area contributed by atoms with Crippen molar-refractivity contribution in [2.24, 2.45) is 5.92 Å². The highest BCUT2D eigenvalue weighted by Gasteiger charge is 2.27. The van der Waals surface area contributed by atoms with Crippen LogP contribution < -0.4 is 10.1 Å². The number of rotatable bonds is 7. The summed E-state index contributed by atoms with van der Waals surface area (Å²) in [5, 5.41) is 2.84. The molecule has 0 atom stereocenters. The van der Waals surface area contributed by atoms with Crippen LogP contribution in [0.15, 0.2) is 48.5 Å². The first-order chi connectivity index (χ1) is 14.4. The van der Waals surface area contributed by atoms with Gasteiger partial charge in [0.15, 0.2) is 5.78 Å². The Balaban J connectivity index is 1.46. The molecule has 2 amide bonds. The zero-order valence-electron chi connectivity index (χ0n) is 16.9. The molecule has 2 aromatic carbocycles. The second-order valence-corrected chi connectivity index (χ2v) is 7.50. The minimum Gasteiger partial charge on any atom is -0.488 e. The Labute approximate surface area is 175 Å². The molecule has 30 heavy (non-hydrogen) atoms. The molecule has 1 saturated heterocycles. The number of hydrogen-bond donors (Lipinski definition) is 1. The van der Waals surface area contributed by atoms with Crippen LogP contribution in [0.5, 0.6) is 5.75 Å². The Hall–Kier alpha value is -2.96. The molecule has 0 aliphatic carbocycles. The van der Waals surface area contributed by atoms with E-state index in [1.165, 1.54) is 0 Å². The summed E-state index contributed by atoms with van der Waals surface area (Å²) in [4.78, 5) is 26.8. The summed E-state index contributed by atoms with van der Waals surface area (Å²) in [6.07, 6.45) is -1.26. The van der Waals surface area contributed by atoms with Crippen molar-refractivity contribution < 1.29 is 23.1 Å². The summed E-state index contributed by atoms with van der Waals surface area (Å²) in [5.41, 5.74) is 2.60. The molecule has 1 N–H and O–H groups in total. The number of alkyl halides is 2. The molecule has 0 radical (unpaired) electrons. The minimum absolute atomic E-state index is 0.0691. The highest BCUT2D eigenvalue weighted by Crippen LogP contribution is 2.22. The molecular weight excluding hydrogens is 390 g/mol. The van der Waals surface area contributed by atoms with Gasteiger partial charge in [-0.3, -0.25) is 4.79 Å². The maximum Gasteiger partial charge on any atom is 0.317 e. The number of piperidine rings is 1. The maximum absolute atomic E-state index is 12.6. The molecule has 1 fully saturated rings. The number of ether oxygens (including phenoxy) is 1. The third-order valence-electron chi connectivity index (χ3n) is 5.21. The van der Waals surface area contributed by atoms with Gasteiger partial charge in [-0.05, 0) is 37.5 Å². The maximum atomic E-state index is 12.6. The first-order valence-corrected chi connectivity index (χ1v) is 10.1. The molecule has 160 valence electrons. The second-order valence-electron chi connectivity index (χ2n) is 7.50. The van der Waals surface area contributed by atoms with Gasteiger partial charge in [0.1, 0.15) is 12.4 Å². The highest BCUT2D eigenvalue weighted by atomic mass is 19.3. The number of carbonyl (C=O) groups excluding carboxylic acids is 2. The number of carbonyl (C=O) groups is 2. The molecule has 2 aromatic rings. The van der Waals surface area contributed by atoms with Gasteiger partial charge in [0.05, 0.1) is 0 Å². The van der Waals surface area contributed by atoms with Crippen LogP contribution in [0.25, 0.3) is 0 Å². The molecular formula is C23H26F2N2O3. The lowest BCUT2D eigenvalue weighted by Gasteiger charge is -2.31. The van der Waals surface area contributed by atoms with E-state index in [1.807, 2.05) is 31.2 Å². The van der Waals surface area contributed by atoms with Gasteiger partial charge >= 0.3 is 6.03 Å². The van der Waals surface area contributed by atoms with Crippen LogP contribution in [-0.2, 0) is 6.54 Å². The van der Waals surface area contributed by atoms with E-state index in [4.69, 9.17) is 4.74 Å². The average molecular weight is 416 g/mol. The average Bonchev–Trinajstić information content (AvgIpc) is 2.76. The molecule has 1 aliphatic rings. The van der Waals surface area contributed by atoms with Crippen LogP contribution in [0.2, 0.25) is 0 Å². The van der Waals surface area contributed by atoms with Crippen molar-refractivity contribution in [3.8, 4) is 5.75 Å². The Bertz CT molecular complexity index is 863. The van der Waals surface area contributed by atoms with Crippen molar-refractivity contribution in [1.82, 2.24) is 10.2 Å². The van der Waals surface area contributed by atoms with Gasteiger partial charge in [-0.15, -0.1) is 0 Å². The number of urea groups is 1. The van der Waals surface area contributed by atoms with E-state index in [2.05, 4.69) is 5.32 Å². The van der Waals surface area contributed by atoms with Crippen molar-refractivity contribution in [2.45, 2.75) is 32.7 Å². The molecule has 1 heterocycles. The molecule has 0 bridgehead atoms. The van der Waals surface area contributed by atoms with Crippen LogP contribution in [0.3, 0.4) is 0 Å². The molecule has 0 unspecified atom stereocenters. The predicted molar refractivity (Wildman–Crippen MR) is 110 cm³/mol. The topological polar surface area (TPSA) is 58.6 Å². The predicted octanol–water partition coefficient (Wildman–Crippen LogP) is 4.44. The lowest BCUT2D eigenvalue weighted by Crippen LogP contribution is -2.45. The molecule has 0 saturated carbocycles. The fraction of sp³-hybridized carbons (Fsp3) is 0.391. The summed E-state index contributed by atoms with van der Waals surface area (Å²) >= 11 is 0. The summed E-state index contributed by atoms with van der Waals surface area (Å²) in [5.74, 6) is 0.411. The van der Waals surface area contributed by atoms with Gasteiger partial charge in [0.25, 0.3) is 6.43 Å². The summed E-state index contributed by atoms with van der Waals surface area (Å²) in [6.45, 7) is 2.63. The Morgan fingerprint density at radius 2 is 1.83 bits per heavy atom. The number of nitrogens with zero attached hydrogens (tertiary/aromatic N) is 1. The van der Waals surface area contributed by atoms with E-state index in [9.17, 15) is 18.4 Å². The number of benzene rings is 2. The van der Waals surface area contributed by atoms with Crippen LogP contribution in [0.4, 0.5) is 13.6 Å². The summed E-state index contributed by atoms with van der Waals surface area (Å²) < 4.78 is 29.5. The Kier molecular flexibility index (Phi) is 7.38. The largest absolute Gasteiger partial charge is 0.488 e. The van der Waals surface area contributed by atoms with Crippen molar-refractivity contribution in [3.05, 3.63) is 65.2 Å². The fourth-order valence-electron chi connectivity index (χ4n) is 3.49. The van der Waals surface area contributed by atoms with Gasteiger partial charge in [-0.2, -0.15) is 0 Å². The summed E-state index contributed by atoms with van der Waals surface area (Å²) in [7, 11) is 0. The highest BCUT2D eigenvalue weighted by molar-refractivity contribution is 5.98. The number of hydrogen-bond acceptors (Lipinski definition) is 3. The van der Waals surface area contributed by atoms with Gasteiger partial charge in [-0.1, -0.05) is 42.0 Å². The van der Waals surface area contributed by atoms with Crippen molar-refractivity contribution >= 4 is 11.8 Å². The Morgan fingerprint density at radius 3 is 2.50 bits per heavy atom. The standard InChI is InChI=1S/C23H26F2N2O3/c1-16-5-7-18(8-6-16)22(28)19-9-11-27(12-10-19)23(29)26-14-17-3-2-4-20(13-17)30-15-21(24)25/h2-8,13,19,21H,9-12,14-15H2,1H3,(H,26,29). The Morgan fingerprint density at radius 1 is 1.13 bits per heavy atom. The van der Waals surface area contributed by atoms with Crippen LogP contribution in [0.1, 0.15) is 34.3 Å². The SMILES string of the molecule is Cc1ccc(C(=O)C2CCN(C(=O)NCc3cccc(OCC(F)F)c3)CC2)cc1. The van der Waals surface area contributed by atoms with E-state index in [-0.39, 0.29) is 24.3 Å². The normalized spacial score (nSPS) is 14.6. The van der Waals surface area contributed by atoms with Crippen molar-refractivity contribution in [3.63, 3.8) is 0 Å². The zero-order chi connectivity index (χ0) is 21.5. The third kappa shape index (κ3) is 6.02. The van der Waals surface area contributed by atoms with E-state index < -0.39 is 13.0 Å². The first kappa shape index (κ1) is 21.7. The fourth-order valence-corrected chi connectivity index (χ4v) is 3.49. The van der Waals surface area contributed by atoms with E-state index in [0.717, 1.165) is 16.7 Å². The lowest BCUT2D eigenvalue weighted by atomic mass is 9.89. The monoisotopic (exact) mass is 416 g/mol. The van der Waals surface area contributed by atoms with Gasteiger partial charge in [0, 0.05) is 31.1 Å². The number of ketones is 1. The van der Waals surface area contributed by atoms with Crippen molar-refractivity contribution in [1.29, 1.82) is 0 Å². The number of aryl methyl sites for hydroxylation is 1. The third-order valence-corrected chi connectivity index (χ3v) is 5.21. The second kappa shape index (κ2) is 10.2. The molecule has 1 aliphatic heterocycles. The molecule has 3 rings (SSSR count). The molecule has 5 nitrogen and oxygen atoms in total. The number of halogens is 2. The van der Waals surface area contributed by atoms with E-state index in [0.29, 0.717) is 31.7 Å². The number of Topliss-reactive ketones (excluding diaryl/α,β-unsaturated/α-hetero) is 1. The molecule has 0 aromatic heterocycles. The van der Waals surface area contributed by atoms with Crippen LogP contribution in [0, 0.1) is 12.8 Å². The van der Waals surface area contributed by atoms with Gasteiger partial charge in [0.2, 0.25) is 0 Å². The quantitative estimate of drug-likeness (QED) is 0.679. The number of amides is 2. The molecule has 0 spiro atoms. The van der Waals surface area contributed by atoms with Crippen LogP contribution in [-0.4, -0.2) is 42.8 Å². The van der Waals surface area contributed by atoms with Gasteiger partial charge in [-0.25, -0.2) is 13.6 Å². The minimum atomic E-state index is -2.53. The number of likely N-dealkylation sites (tertiary alicyclic amines) is 1. The van der Waals surface area contributed by atoms with Gasteiger partial charge < -0.3 is 15.0 Å². The zero-order valence-corrected chi connectivity index (χ0v) is 16.9. The van der Waals surface area contributed by atoms with Crippen molar-refractivity contribution in [2.75, 3.05) is 19.7 Å². The number of nitrogens with one attached hydrogen (secondary N) is 1. The van der Waals surface area contributed by atoms with E-state index in [1.54, 1.807) is 29.2 Å². The van der Waals surface area contributed by atoms with E-state index >= 15 is 0 Å². The first-order valence-electron chi connectivity index (χ1n) is 10.1. The lowest BCUT2D eigenvalue weighted by molar-refractivity contribution is 0.0818.